The number of imidazole rings is 1. The summed E-state index contributed by atoms with van der Waals surface area (Å²) in [6, 6.07) is 0.624. The van der Waals surface area contributed by atoms with E-state index in [9.17, 15) is 0 Å². The normalized spacial score (nSPS) is 16.8. The van der Waals surface area contributed by atoms with Gasteiger partial charge >= 0.3 is 0 Å². The molecule has 0 N–H and O–H groups in total. The van der Waals surface area contributed by atoms with Crippen molar-refractivity contribution in [1.82, 2.24) is 9.55 Å². The van der Waals surface area contributed by atoms with Crippen LogP contribution in [0.1, 0.15) is 82.6 Å². The summed E-state index contributed by atoms with van der Waals surface area (Å²) >= 11 is 0. The molecule has 0 radical (unpaired) electrons. The van der Waals surface area contributed by atoms with Gasteiger partial charge in [-0.3, -0.25) is 0 Å². The van der Waals surface area contributed by atoms with Crippen molar-refractivity contribution in [3.63, 3.8) is 0 Å². The lowest BCUT2D eigenvalue weighted by Gasteiger charge is -2.31. The van der Waals surface area contributed by atoms with Gasteiger partial charge in [0.2, 0.25) is 0 Å². The first-order chi connectivity index (χ1) is 10.8. The van der Waals surface area contributed by atoms with E-state index in [1.807, 2.05) is 6.92 Å². The van der Waals surface area contributed by atoms with E-state index in [4.69, 9.17) is 4.98 Å². The molecule has 1 saturated carbocycles. The van der Waals surface area contributed by atoms with Crippen molar-refractivity contribution in [3.8, 4) is 0 Å². The zero-order chi connectivity index (χ0) is 17.1. The van der Waals surface area contributed by atoms with Crippen LogP contribution >= 0.6 is 0 Å². The number of nitrogens with zero attached hydrogens (tertiary/aromatic N) is 2. The van der Waals surface area contributed by atoms with E-state index in [1.54, 1.807) is 0 Å². The number of hydrogen-bond donors (Lipinski definition) is 0. The monoisotopic (exact) mass is 312 g/mol. The fourth-order valence-corrected chi connectivity index (χ4v) is 3.23. The summed E-state index contributed by atoms with van der Waals surface area (Å²) in [6.07, 6.45) is 9.11. The third-order valence-corrected chi connectivity index (χ3v) is 4.85. The van der Waals surface area contributed by atoms with Crippen LogP contribution in [0.5, 0.6) is 0 Å². The number of rotatable bonds is 7. The maximum Gasteiger partial charge on any atom is 0.116 e. The van der Waals surface area contributed by atoms with Gasteiger partial charge in [-0.05, 0) is 51.5 Å². The molecule has 2 heteroatoms. The minimum Gasteiger partial charge on any atom is -0.328 e. The molecule has 1 aromatic rings. The molecule has 1 atom stereocenters. The molecule has 0 aliphatic heterocycles. The Balaban J connectivity index is 2.38. The van der Waals surface area contributed by atoms with Crippen LogP contribution in [0.15, 0.2) is 30.4 Å². The molecule has 126 valence electrons. The molecular formula is C21H32N2. The summed E-state index contributed by atoms with van der Waals surface area (Å²) in [4.78, 5) is 4.99. The van der Waals surface area contributed by atoms with Crippen LogP contribution in [0, 0.1) is 12.8 Å². The zero-order valence-corrected chi connectivity index (χ0v) is 15.5. The first-order valence-corrected chi connectivity index (χ1v) is 8.91. The van der Waals surface area contributed by atoms with E-state index in [0.717, 1.165) is 17.7 Å². The molecule has 2 rings (SSSR count). The van der Waals surface area contributed by atoms with Gasteiger partial charge in [-0.1, -0.05) is 51.2 Å². The minimum absolute atomic E-state index is 0.309. The first-order valence-electron chi connectivity index (χ1n) is 8.91. The lowest BCUT2D eigenvalue weighted by molar-refractivity contribution is 0.299. The van der Waals surface area contributed by atoms with Crippen molar-refractivity contribution < 1.29 is 0 Å². The Morgan fingerprint density at radius 2 is 1.96 bits per heavy atom. The molecule has 1 aromatic heterocycles. The molecule has 1 fully saturated rings. The highest BCUT2D eigenvalue weighted by Crippen LogP contribution is 2.38. The van der Waals surface area contributed by atoms with E-state index >= 15 is 0 Å². The van der Waals surface area contributed by atoms with E-state index < -0.39 is 0 Å². The Morgan fingerprint density at radius 3 is 2.43 bits per heavy atom. The third-order valence-electron chi connectivity index (χ3n) is 4.85. The SMILES string of the molecule is C=C(C)/C=C\c1nc([C@@H](C)C(=C)CC(C)C)n(C2CCC2)c1C. The van der Waals surface area contributed by atoms with E-state index in [2.05, 4.69) is 57.6 Å². The van der Waals surface area contributed by atoms with Gasteiger partial charge in [0.25, 0.3) is 0 Å². The molecule has 0 bridgehead atoms. The van der Waals surface area contributed by atoms with Crippen LogP contribution in [0.4, 0.5) is 0 Å². The Hall–Kier alpha value is -1.57. The van der Waals surface area contributed by atoms with Crippen LogP contribution in [-0.2, 0) is 0 Å². The van der Waals surface area contributed by atoms with Gasteiger partial charge in [0.05, 0.1) is 5.69 Å². The Morgan fingerprint density at radius 1 is 1.30 bits per heavy atom. The summed E-state index contributed by atoms with van der Waals surface area (Å²) in [6.45, 7) is 19.3. The summed E-state index contributed by atoms with van der Waals surface area (Å²) in [5.74, 6) is 2.14. The second-order valence-electron chi connectivity index (χ2n) is 7.55. The van der Waals surface area contributed by atoms with Gasteiger partial charge < -0.3 is 4.57 Å². The Labute approximate surface area is 142 Å². The van der Waals surface area contributed by atoms with Gasteiger partial charge in [-0.25, -0.2) is 4.98 Å². The highest BCUT2D eigenvalue weighted by molar-refractivity contribution is 5.52. The lowest BCUT2D eigenvalue weighted by atomic mass is 9.90. The van der Waals surface area contributed by atoms with Crippen molar-refractivity contribution in [2.75, 3.05) is 0 Å². The smallest absolute Gasteiger partial charge is 0.116 e. The summed E-state index contributed by atoms with van der Waals surface area (Å²) in [7, 11) is 0. The topological polar surface area (TPSA) is 17.8 Å². The van der Waals surface area contributed by atoms with Crippen LogP contribution in [0.2, 0.25) is 0 Å². The van der Waals surface area contributed by atoms with Gasteiger partial charge in [0, 0.05) is 17.7 Å². The standard InChI is InChI=1S/C21H32N2/c1-14(2)11-12-20-18(7)23(19-9-8-10-19)21(22-20)17(6)16(5)13-15(3)4/h11-12,15,17,19H,1,5,8-10,13H2,2-4,6-7H3/b12-11-/t17-/m0/s1. The van der Waals surface area contributed by atoms with Gasteiger partial charge in [-0.15, -0.1) is 0 Å². The molecule has 2 nitrogen and oxygen atoms in total. The third kappa shape index (κ3) is 4.04. The van der Waals surface area contributed by atoms with Gasteiger partial charge in [0.15, 0.2) is 0 Å². The van der Waals surface area contributed by atoms with Crippen molar-refractivity contribution in [1.29, 1.82) is 0 Å². The maximum absolute atomic E-state index is 4.99. The van der Waals surface area contributed by atoms with Crippen LogP contribution in [0.25, 0.3) is 6.08 Å². The quantitative estimate of drug-likeness (QED) is 0.432. The van der Waals surface area contributed by atoms with Crippen molar-refractivity contribution in [2.24, 2.45) is 5.92 Å². The fourth-order valence-electron chi connectivity index (χ4n) is 3.23. The lowest BCUT2D eigenvalue weighted by Crippen LogP contribution is -2.22. The summed E-state index contributed by atoms with van der Waals surface area (Å²) in [5.41, 5.74) is 4.72. The Kier molecular flexibility index (Phi) is 5.67. The van der Waals surface area contributed by atoms with E-state index in [0.29, 0.717) is 17.9 Å². The highest BCUT2D eigenvalue weighted by atomic mass is 15.1. The van der Waals surface area contributed by atoms with E-state index in [-0.39, 0.29) is 0 Å². The molecule has 0 spiro atoms. The predicted molar refractivity (Wildman–Crippen MR) is 101 cm³/mol. The van der Waals surface area contributed by atoms with Gasteiger partial charge in [0.1, 0.15) is 5.82 Å². The summed E-state index contributed by atoms with van der Waals surface area (Å²) < 4.78 is 2.48. The largest absolute Gasteiger partial charge is 0.328 e. The molecular weight excluding hydrogens is 280 g/mol. The van der Waals surface area contributed by atoms with Crippen molar-refractivity contribution >= 4 is 6.08 Å². The average molecular weight is 313 g/mol. The Bertz CT molecular complexity index is 612. The van der Waals surface area contributed by atoms with Crippen LogP contribution in [-0.4, -0.2) is 9.55 Å². The molecule has 0 amide bonds. The molecule has 0 saturated heterocycles. The number of aromatic nitrogens is 2. The maximum atomic E-state index is 4.99. The highest BCUT2D eigenvalue weighted by Gasteiger charge is 2.28. The molecule has 1 aliphatic carbocycles. The second kappa shape index (κ2) is 7.33. The molecule has 1 heterocycles. The summed E-state index contributed by atoms with van der Waals surface area (Å²) in [5, 5.41) is 0. The van der Waals surface area contributed by atoms with Crippen molar-refractivity contribution in [2.45, 2.75) is 72.3 Å². The predicted octanol–water partition coefficient (Wildman–Crippen LogP) is 6.21. The average Bonchev–Trinajstić information content (AvgIpc) is 2.71. The number of hydrogen-bond acceptors (Lipinski definition) is 1. The second-order valence-corrected chi connectivity index (χ2v) is 7.55. The molecule has 1 aliphatic rings. The van der Waals surface area contributed by atoms with E-state index in [1.165, 1.54) is 36.4 Å². The molecule has 23 heavy (non-hydrogen) atoms. The number of allylic oxidation sites excluding steroid dienone is 3. The first kappa shape index (κ1) is 17.8. The zero-order valence-electron chi connectivity index (χ0n) is 15.5. The van der Waals surface area contributed by atoms with Crippen molar-refractivity contribution in [3.05, 3.63) is 47.6 Å². The molecule has 0 aromatic carbocycles. The van der Waals surface area contributed by atoms with Crippen LogP contribution in [0.3, 0.4) is 0 Å². The van der Waals surface area contributed by atoms with Gasteiger partial charge in [-0.2, -0.15) is 0 Å². The van der Waals surface area contributed by atoms with Crippen LogP contribution < -0.4 is 0 Å². The molecule has 0 unspecified atom stereocenters. The minimum atomic E-state index is 0.309. The fraction of sp³-hybridized carbons (Fsp3) is 0.571.